The average molecular weight is 850 g/mol. The number of aromatic nitrogens is 2. The summed E-state index contributed by atoms with van der Waals surface area (Å²) in [6.07, 6.45) is 11.8. The van der Waals surface area contributed by atoms with Crippen LogP contribution in [0.2, 0.25) is 0 Å². The van der Waals surface area contributed by atoms with E-state index in [0.717, 1.165) is 51.1 Å². The lowest BCUT2D eigenvalue weighted by Crippen LogP contribution is -2.02. The molecule has 0 fully saturated rings. The number of nitrogens with zero attached hydrogens (tertiary/aromatic N) is 2. The van der Waals surface area contributed by atoms with E-state index in [9.17, 15) is 0 Å². The summed E-state index contributed by atoms with van der Waals surface area (Å²) in [6, 6.07) is 58.5. The number of hydrogen-bond acceptors (Lipinski definition) is 4. The fourth-order valence-electron chi connectivity index (χ4n) is 8.20. The van der Waals surface area contributed by atoms with Gasteiger partial charge < -0.3 is 10.5 Å². The number of benzene rings is 8. The second kappa shape index (κ2) is 23.3. The van der Waals surface area contributed by atoms with Crippen molar-refractivity contribution in [2.45, 2.75) is 26.7 Å². The minimum atomic E-state index is 0.677. The Hall–Kier alpha value is -7.50. The predicted molar refractivity (Wildman–Crippen MR) is 284 cm³/mol. The highest BCUT2D eigenvalue weighted by Crippen LogP contribution is 2.45. The van der Waals surface area contributed by atoms with Crippen molar-refractivity contribution in [3.8, 4) is 33.5 Å². The van der Waals surface area contributed by atoms with Gasteiger partial charge in [0.15, 0.2) is 0 Å². The molecular formula is C61H59N3O. The first-order valence-electron chi connectivity index (χ1n) is 22.1. The quantitative estimate of drug-likeness (QED) is 0.0846. The van der Waals surface area contributed by atoms with Crippen LogP contribution >= 0.6 is 0 Å². The maximum atomic E-state index is 5.36. The summed E-state index contributed by atoms with van der Waals surface area (Å²) in [4.78, 5) is 10.6. The Labute approximate surface area is 385 Å². The highest BCUT2D eigenvalue weighted by Gasteiger charge is 2.21. The van der Waals surface area contributed by atoms with Gasteiger partial charge in [-0.25, -0.2) is 9.97 Å². The van der Waals surface area contributed by atoms with Gasteiger partial charge >= 0.3 is 0 Å². The molecule has 65 heavy (non-hydrogen) atoms. The Bertz CT molecular complexity index is 3070. The van der Waals surface area contributed by atoms with Crippen LogP contribution in [0.5, 0.6) is 0 Å². The van der Waals surface area contributed by atoms with Crippen molar-refractivity contribution in [1.29, 1.82) is 0 Å². The normalized spacial score (nSPS) is 11.0. The van der Waals surface area contributed by atoms with Crippen molar-refractivity contribution in [2.75, 3.05) is 21.3 Å². The summed E-state index contributed by atoms with van der Waals surface area (Å²) in [7, 11) is 4.75. The van der Waals surface area contributed by atoms with Crippen molar-refractivity contribution < 1.29 is 4.74 Å². The van der Waals surface area contributed by atoms with Gasteiger partial charge in [-0.3, -0.25) is 0 Å². The molecule has 0 aliphatic rings. The fraction of sp³-hybridized carbons (Fsp3) is 0.115. The van der Waals surface area contributed by atoms with Gasteiger partial charge in [0.05, 0.1) is 22.4 Å². The van der Waals surface area contributed by atoms with Gasteiger partial charge in [-0.15, -0.1) is 6.58 Å². The molecule has 0 unspecified atom stereocenters. The first-order valence-corrected chi connectivity index (χ1v) is 22.1. The summed E-state index contributed by atoms with van der Waals surface area (Å²) in [5.74, 6) is 0. The third-order valence-electron chi connectivity index (χ3n) is 11.0. The highest BCUT2D eigenvalue weighted by molar-refractivity contribution is 6.20. The van der Waals surface area contributed by atoms with Crippen molar-refractivity contribution in [3.63, 3.8) is 0 Å². The summed E-state index contributed by atoms with van der Waals surface area (Å²) < 4.78 is 4.25. The van der Waals surface area contributed by atoms with Crippen LogP contribution in [0.25, 0.3) is 88.0 Å². The lowest BCUT2D eigenvalue weighted by molar-refractivity contribution is 0.277. The van der Waals surface area contributed by atoms with Gasteiger partial charge in [0.25, 0.3) is 0 Å². The topological polar surface area (TPSA) is 61.0 Å². The number of ether oxygens (including phenoxy) is 1. The van der Waals surface area contributed by atoms with Gasteiger partial charge in [0.1, 0.15) is 0 Å². The molecule has 9 rings (SSSR count). The Morgan fingerprint density at radius 3 is 1.62 bits per heavy atom. The molecule has 0 aliphatic carbocycles. The molecule has 0 radical (unpaired) electrons. The molecule has 9 aromatic rings. The lowest BCUT2D eigenvalue weighted by atomic mass is 9.83. The van der Waals surface area contributed by atoms with E-state index in [1.54, 1.807) is 26.4 Å². The number of rotatable bonds is 10. The SMILES string of the molecule is C=CC.C=CC(=C)c1ccc(-c2ccc(-c3c4ccccc4c(C/C(=C\C=C/CC)c4nc5ccccc5nc4-c4ccccc4)c4ccccc34)c3ccccc23)cc1.CN.COC. The third kappa shape index (κ3) is 10.5. The molecule has 2 N–H and O–H groups in total. The second-order valence-electron chi connectivity index (χ2n) is 15.3. The Kier molecular flexibility index (Phi) is 16.8. The fourth-order valence-corrected chi connectivity index (χ4v) is 8.20. The minimum absolute atomic E-state index is 0.677. The molecule has 0 amide bonds. The van der Waals surface area contributed by atoms with Crippen LogP contribution in [0.3, 0.4) is 0 Å². The van der Waals surface area contributed by atoms with E-state index in [1.165, 1.54) is 67.2 Å². The standard InChI is InChI=1S/C55H42N2.C3H6.C2H6O.CH5N/c1-4-6-8-21-41(55-54(40-19-9-7-10-20-40)56-51-28-17-18-29-52(51)57-55)36-50-45-24-13-15-26-47(45)53(48-27-16-14-25-46(48)50)49-35-34-42(43-22-11-12-23-44(43)49)39-32-30-38(31-33-39)37(3)5-2;2*1-3-2;1-2/h5-35H,2-4,36H2,1H3;3H,1H2,2H3;1-2H3;2H2,1H3/b8-6-,41-21+;;;. The van der Waals surface area contributed by atoms with Crippen LogP contribution in [-0.2, 0) is 11.2 Å². The molecule has 0 atom stereocenters. The number of para-hydroxylation sites is 2. The van der Waals surface area contributed by atoms with Crippen LogP contribution in [0, 0.1) is 0 Å². The molecule has 324 valence electrons. The van der Waals surface area contributed by atoms with Crippen molar-refractivity contribution >= 4 is 54.5 Å². The van der Waals surface area contributed by atoms with Gasteiger partial charge in [0, 0.05) is 26.2 Å². The lowest BCUT2D eigenvalue weighted by Gasteiger charge is -2.21. The number of methoxy groups -OCH3 is 1. The molecule has 4 nitrogen and oxygen atoms in total. The molecule has 1 heterocycles. The zero-order valence-corrected chi connectivity index (χ0v) is 38.4. The van der Waals surface area contributed by atoms with Gasteiger partial charge in [0.2, 0.25) is 0 Å². The number of allylic oxidation sites excluding steroid dienone is 7. The van der Waals surface area contributed by atoms with E-state index in [1.807, 2.05) is 31.2 Å². The Morgan fingerprint density at radius 2 is 1.06 bits per heavy atom. The summed E-state index contributed by atoms with van der Waals surface area (Å²) >= 11 is 0. The van der Waals surface area contributed by atoms with E-state index >= 15 is 0 Å². The third-order valence-corrected chi connectivity index (χ3v) is 11.0. The first-order chi connectivity index (χ1) is 32.0. The molecule has 0 spiro atoms. The average Bonchev–Trinajstić information content (AvgIpc) is 3.36. The molecular weight excluding hydrogens is 791 g/mol. The van der Waals surface area contributed by atoms with Gasteiger partial charge in [-0.2, -0.15) is 0 Å². The minimum Gasteiger partial charge on any atom is -0.388 e. The molecule has 0 bridgehead atoms. The smallest absolute Gasteiger partial charge is 0.0969 e. The van der Waals surface area contributed by atoms with E-state index < -0.39 is 0 Å². The molecule has 0 saturated heterocycles. The molecule has 8 aromatic carbocycles. The van der Waals surface area contributed by atoms with Crippen LogP contribution in [-0.4, -0.2) is 31.2 Å². The molecule has 0 aliphatic heterocycles. The molecule has 4 heteroatoms. The maximum Gasteiger partial charge on any atom is 0.0969 e. The predicted octanol–water partition coefficient (Wildman–Crippen LogP) is 15.9. The molecule has 1 aromatic heterocycles. The largest absolute Gasteiger partial charge is 0.388 e. The first kappa shape index (κ1) is 47.0. The zero-order chi connectivity index (χ0) is 46.1. The summed E-state index contributed by atoms with van der Waals surface area (Å²) in [6.45, 7) is 15.5. The second-order valence-corrected chi connectivity index (χ2v) is 15.3. The number of nitrogens with two attached hydrogens (primary N) is 1. The zero-order valence-electron chi connectivity index (χ0n) is 38.4. The van der Waals surface area contributed by atoms with Crippen LogP contribution in [0.15, 0.2) is 214 Å². The maximum absolute atomic E-state index is 5.36. The van der Waals surface area contributed by atoms with Gasteiger partial charge in [-0.05, 0) is 109 Å². The summed E-state index contributed by atoms with van der Waals surface area (Å²) in [5, 5.41) is 7.37. The monoisotopic (exact) mass is 849 g/mol. The van der Waals surface area contributed by atoms with E-state index in [4.69, 9.17) is 9.97 Å². The number of hydrogen-bond donors (Lipinski definition) is 1. The Morgan fingerprint density at radius 1 is 0.585 bits per heavy atom. The molecule has 0 saturated carbocycles. The highest BCUT2D eigenvalue weighted by atomic mass is 16.4. The Balaban J connectivity index is 0.000000821. The van der Waals surface area contributed by atoms with Crippen molar-refractivity contribution in [1.82, 2.24) is 9.97 Å². The van der Waals surface area contributed by atoms with Crippen LogP contribution in [0.1, 0.15) is 37.1 Å². The summed E-state index contributed by atoms with van der Waals surface area (Å²) in [5.41, 5.74) is 18.4. The van der Waals surface area contributed by atoms with Gasteiger partial charge in [-0.1, -0.05) is 202 Å². The number of fused-ring (bicyclic) bond motifs is 4. The van der Waals surface area contributed by atoms with Crippen LogP contribution in [0.4, 0.5) is 0 Å². The van der Waals surface area contributed by atoms with E-state index in [-0.39, 0.29) is 0 Å². The van der Waals surface area contributed by atoms with Crippen LogP contribution < -0.4 is 5.73 Å². The van der Waals surface area contributed by atoms with E-state index in [2.05, 4.69) is 195 Å². The van der Waals surface area contributed by atoms with Crippen molar-refractivity contribution in [3.05, 3.63) is 231 Å². The van der Waals surface area contributed by atoms with E-state index in [0.29, 0.717) is 6.42 Å². The van der Waals surface area contributed by atoms with Crippen molar-refractivity contribution in [2.24, 2.45) is 5.73 Å².